The molecule has 6 heteroatoms. The number of fused-ring (bicyclic) bond motifs is 1. The number of nitrogens with zero attached hydrogens (tertiary/aromatic N) is 2. The molecule has 0 spiro atoms. The van der Waals surface area contributed by atoms with Crippen molar-refractivity contribution >= 4 is 28.7 Å². The van der Waals surface area contributed by atoms with Crippen molar-refractivity contribution in [3.8, 4) is 0 Å². The number of pyridine rings is 1. The molecule has 1 amide bonds. The van der Waals surface area contributed by atoms with Crippen LogP contribution in [0.15, 0.2) is 60.0 Å². The van der Waals surface area contributed by atoms with Gasteiger partial charge in [-0.15, -0.1) is 11.3 Å². The van der Waals surface area contributed by atoms with E-state index in [4.69, 9.17) is 4.98 Å². The first-order valence-electron chi connectivity index (χ1n) is 9.36. The van der Waals surface area contributed by atoms with E-state index in [1.807, 2.05) is 67.9 Å². The Kier molecular flexibility index (Phi) is 5.15. The minimum Gasteiger partial charge on any atom is -0.350 e. The highest BCUT2D eigenvalue weighted by Gasteiger charge is 2.42. The predicted molar refractivity (Wildman–Crippen MR) is 114 cm³/mol. The molecule has 4 rings (SSSR count). The topological polar surface area (TPSA) is 57.3 Å². The van der Waals surface area contributed by atoms with Gasteiger partial charge in [0.05, 0.1) is 12.2 Å². The van der Waals surface area contributed by atoms with Crippen LogP contribution < -0.4 is 10.6 Å². The minimum atomic E-state index is -0.700. The first kappa shape index (κ1) is 18.7. The number of thiophene rings is 1. The van der Waals surface area contributed by atoms with E-state index in [0.717, 1.165) is 34.2 Å². The molecule has 0 radical (unpaired) electrons. The number of nitrogens with one attached hydrogen (secondary N) is 2. The Bertz CT molecular complexity index is 958. The van der Waals surface area contributed by atoms with Crippen LogP contribution in [0.25, 0.3) is 0 Å². The van der Waals surface area contributed by atoms with E-state index in [2.05, 4.69) is 21.6 Å². The van der Waals surface area contributed by atoms with Crippen LogP contribution in [0.4, 0.5) is 11.5 Å². The van der Waals surface area contributed by atoms with E-state index in [1.165, 1.54) is 0 Å². The highest BCUT2D eigenvalue weighted by Crippen LogP contribution is 2.33. The Balaban J connectivity index is 1.61. The fourth-order valence-electron chi connectivity index (χ4n) is 3.75. The van der Waals surface area contributed by atoms with Crippen LogP contribution in [0.3, 0.4) is 0 Å². The van der Waals surface area contributed by atoms with Gasteiger partial charge in [0.15, 0.2) is 0 Å². The largest absolute Gasteiger partial charge is 0.350 e. The Hall–Kier alpha value is -2.70. The van der Waals surface area contributed by atoms with Gasteiger partial charge in [-0.3, -0.25) is 4.79 Å². The smallest absolute Gasteiger partial charge is 0.233 e. The Morgan fingerprint density at radius 2 is 2.00 bits per heavy atom. The molecule has 0 bridgehead atoms. The van der Waals surface area contributed by atoms with Crippen LogP contribution in [0.2, 0.25) is 0 Å². The van der Waals surface area contributed by atoms with Crippen LogP contribution in [0.5, 0.6) is 0 Å². The summed E-state index contributed by atoms with van der Waals surface area (Å²) < 4.78 is 0. The average molecular weight is 393 g/mol. The molecule has 144 valence electrons. The maximum absolute atomic E-state index is 13.2. The van der Waals surface area contributed by atoms with Gasteiger partial charge in [-0.05, 0) is 49.2 Å². The zero-order valence-electron chi connectivity index (χ0n) is 16.1. The number of aromatic nitrogens is 1. The molecule has 1 aliphatic heterocycles. The van der Waals surface area contributed by atoms with Crippen molar-refractivity contribution in [1.82, 2.24) is 15.2 Å². The van der Waals surface area contributed by atoms with Gasteiger partial charge < -0.3 is 15.5 Å². The normalized spacial score (nSPS) is 19.1. The summed E-state index contributed by atoms with van der Waals surface area (Å²) >= 11 is 1.65. The second kappa shape index (κ2) is 7.73. The molecule has 2 N–H and O–H groups in total. The summed E-state index contributed by atoms with van der Waals surface area (Å²) in [5, 5.41) is 8.48. The van der Waals surface area contributed by atoms with E-state index < -0.39 is 5.41 Å². The summed E-state index contributed by atoms with van der Waals surface area (Å²) in [6.07, 6.45) is 0. The lowest BCUT2D eigenvalue weighted by atomic mass is 9.79. The maximum Gasteiger partial charge on any atom is 0.233 e. The lowest BCUT2D eigenvalue weighted by molar-refractivity contribution is -0.127. The van der Waals surface area contributed by atoms with Gasteiger partial charge in [-0.2, -0.15) is 0 Å². The molecule has 28 heavy (non-hydrogen) atoms. The number of hydrogen-bond donors (Lipinski definition) is 2. The Labute approximate surface area is 169 Å². The van der Waals surface area contributed by atoms with Crippen LogP contribution in [-0.2, 0) is 23.3 Å². The quantitative estimate of drug-likeness (QED) is 0.691. The lowest BCUT2D eigenvalue weighted by Crippen LogP contribution is -2.52. The third-order valence-electron chi connectivity index (χ3n) is 5.08. The van der Waals surface area contributed by atoms with Crippen LogP contribution in [-0.4, -0.2) is 29.4 Å². The molecule has 0 saturated heterocycles. The number of amides is 1. The zero-order valence-corrected chi connectivity index (χ0v) is 16.9. The third kappa shape index (κ3) is 3.79. The van der Waals surface area contributed by atoms with Gasteiger partial charge in [-0.1, -0.05) is 30.3 Å². The molecule has 0 saturated carbocycles. The van der Waals surface area contributed by atoms with E-state index in [-0.39, 0.29) is 5.91 Å². The van der Waals surface area contributed by atoms with Gasteiger partial charge in [0.2, 0.25) is 5.91 Å². The molecule has 1 unspecified atom stereocenters. The molecular formula is C22H24N4OS. The highest BCUT2D eigenvalue weighted by atomic mass is 32.1. The summed E-state index contributed by atoms with van der Waals surface area (Å²) in [5.41, 5.74) is 2.23. The van der Waals surface area contributed by atoms with Crippen molar-refractivity contribution in [2.45, 2.75) is 25.4 Å². The first-order valence-corrected chi connectivity index (χ1v) is 10.2. The summed E-state index contributed by atoms with van der Waals surface area (Å²) in [7, 11) is 2.05. The van der Waals surface area contributed by atoms with Crippen molar-refractivity contribution in [1.29, 1.82) is 0 Å². The van der Waals surface area contributed by atoms with Gasteiger partial charge in [0.1, 0.15) is 11.2 Å². The van der Waals surface area contributed by atoms with Crippen molar-refractivity contribution in [3.05, 3.63) is 76.1 Å². The number of anilines is 2. The summed E-state index contributed by atoms with van der Waals surface area (Å²) in [4.78, 5) is 21.4. The summed E-state index contributed by atoms with van der Waals surface area (Å²) in [6.45, 7) is 3.97. The highest BCUT2D eigenvalue weighted by molar-refractivity contribution is 7.09. The minimum absolute atomic E-state index is 0.0121. The number of para-hydroxylation sites is 1. The molecule has 0 aliphatic carbocycles. The van der Waals surface area contributed by atoms with Gasteiger partial charge in [0.25, 0.3) is 0 Å². The standard InChI is InChI=1S/C22H24N4OS/c1-22(21(27)23-13-18-9-6-12-28-18)15-26(2)14-16-10-11-19(25-20(16)22)24-17-7-4-3-5-8-17/h3-12H,13-15H2,1-2H3,(H,23,27)(H,24,25). The fourth-order valence-corrected chi connectivity index (χ4v) is 4.39. The van der Waals surface area contributed by atoms with Gasteiger partial charge in [0, 0.05) is 23.7 Å². The first-order chi connectivity index (χ1) is 13.5. The third-order valence-corrected chi connectivity index (χ3v) is 5.95. The number of carbonyl (C=O) groups excluding carboxylic acids is 1. The van der Waals surface area contributed by atoms with E-state index in [9.17, 15) is 4.79 Å². The predicted octanol–water partition coefficient (Wildman–Crippen LogP) is 3.91. The van der Waals surface area contributed by atoms with Gasteiger partial charge >= 0.3 is 0 Å². The van der Waals surface area contributed by atoms with Crippen molar-refractivity contribution in [2.75, 3.05) is 18.9 Å². The fraction of sp³-hybridized carbons (Fsp3) is 0.273. The molecule has 0 fully saturated rings. The molecule has 1 aromatic carbocycles. The Morgan fingerprint density at radius 3 is 2.75 bits per heavy atom. The number of benzene rings is 1. The van der Waals surface area contributed by atoms with Crippen molar-refractivity contribution in [3.63, 3.8) is 0 Å². The second-order valence-corrected chi connectivity index (χ2v) is 8.49. The SMILES string of the molecule is CN1Cc2ccc(Nc3ccccc3)nc2C(C)(C(=O)NCc2cccs2)C1. The summed E-state index contributed by atoms with van der Waals surface area (Å²) in [6, 6.07) is 18.0. The van der Waals surface area contributed by atoms with E-state index in [1.54, 1.807) is 11.3 Å². The van der Waals surface area contributed by atoms with Crippen LogP contribution in [0, 0.1) is 0 Å². The molecule has 2 aromatic heterocycles. The number of hydrogen-bond acceptors (Lipinski definition) is 5. The molecule has 3 heterocycles. The van der Waals surface area contributed by atoms with E-state index in [0.29, 0.717) is 13.1 Å². The molecule has 1 aliphatic rings. The van der Waals surface area contributed by atoms with Gasteiger partial charge in [-0.25, -0.2) is 4.98 Å². The van der Waals surface area contributed by atoms with Crippen molar-refractivity contribution < 1.29 is 4.79 Å². The molecule has 1 atom stereocenters. The number of likely N-dealkylation sites (N-methyl/N-ethyl adjacent to an activating group) is 1. The van der Waals surface area contributed by atoms with E-state index >= 15 is 0 Å². The zero-order chi connectivity index (χ0) is 19.6. The number of carbonyl (C=O) groups is 1. The molecule has 5 nitrogen and oxygen atoms in total. The van der Waals surface area contributed by atoms with Crippen molar-refractivity contribution in [2.24, 2.45) is 0 Å². The van der Waals surface area contributed by atoms with Crippen LogP contribution >= 0.6 is 11.3 Å². The van der Waals surface area contributed by atoms with Crippen LogP contribution in [0.1, 0.15) is 23.1 Å². The molecular weight excluding hydrogens is 368 g/mol. The second-order valence-electron chi connectivity index (χ2n) is 7.46. The average Bonchev–Trinajstić information content (AvgIpc) is 3.21. The number of rotatable bonds is 5. The lowest BCUT2D eigenvalue weighted by Gasteiger charge is -2.38. The maximum atomic E-state index is 13.2. The Morgan fingerprint density at radius 1 is 1.18 bits per heavy atom. The monoisotopic (exact) mass is 392 g/mol. The molecule has 3 aromatic rings. The summed E-state index contributed by atoms with van der Waals surface area (Å²) in [5.74, 6) is 0.768.